The van der Waals surface area contributed by atoms with Crippen molar-refractivity contribution in [2.24, 2.45) is 0 Å². The Morgan fingerprint density at radius 1 is 1.32 bits per heavy atom. The Labute approximate surface area is 127 Å². The lowest BCUT2D eigenvalue weighted by Crippen LogP contribution is -2.25. The van der Waals surface area contributed by atoms with Crippen LogP contribution in [0.25, 0.3) is 10.9 Å². The van der Waals surface area contributed by atoms with Crippen LogP contribution in [-0.2, 0) is 17.8 Å². The van der Waals surface area contributed by atoms with Crippen LogP contribution >= 0.6 is 0 Å². The SMILES string of the molecule is O=C(CCCn1cnnn1)NCCc1c[nH]c2ccccc12. The lowest BCUT2D eigenvalue weighted by Gasteiger charge is -2.04. The molecule has 1 aromatic carbocycles. The molecule has 7 heteroatoms. The summed E-state index contributed by atoms with van der Waals surface area (Å²) in [4.78, 5) is 15.0. The molecule has 0 bridgehead atoms. The molecule has 3 aromatic rings. The first-order valence-electron chi connectivity index (χ1n) is 7.35. The molecule has 7 nitrogen and oxygen atoms in total. The van der Waals surface area contributed by atoms with E-state index in [9.17, 15) is 4.79 Å². The van der Waals surface area contributed by atoms with Crippen molar-refractivity contribution in [1.29, 1.82) is 0 Å². The summed E-state index contributed by atoms with van der Waals surface area (Å²) in [5, 5.41) is 15.0. The Balaban J connectivity index is 1.40. The molecule has 0 aliphatic rings. The van der Waals surface area contributed by atoms with E-state index in [0.29, 0.717) is 19.5 Å². The molecule has 3 rings (SSSR count). The van der Waals surface area contributed by atoms with Gasteiger partial charge in [-0.3, -0.25) is 4.79 Å². The highest BCUT2D eigenvalue weighted by Gasteiger charge is 2.05. The first kappa shape index (κ1) is 14.2. The summed E-state index contributed by atoms with van der Waals surface area (Å²) < 4.78 is 1.62. The second-order valence-electron chi connectivity index (χ2n) is 5.14. The second kappa shape index (κ2) is 6.84. The molecule has 2 N–H and O–H groups in total. The summed E-state index contributed by atoms with van der Waals surface area (Å²) in [6.45, 7) is 1.30. The third-order valence-corrected chi connectivity index (χ3v) is 3.57. The zero-order valence-electron chi connectivity index (χ0n) is 12.2. The van der Waals surface area contributed by atoms with Gasteiger partial charge in [0, 0.05) is 36.6 Å². The summed E-state index contributed by atoms with van der Waals surface area (Å²) in [6, 6.07) is 8.18. The number of tetrazole rings is 1. The van der Waals surface area contributed by atoms with E-state index in [4.69, 9.17) is 0 Å². The lowest BCUT2D eigenvalue weighted by atomic mass is 10.1. The fourth-order valence-electron chi connectivity index (χ4n) is 2.45. The minimum Gasteiger partial charge on any atom is -0.361 e. The number of nitrogens with one attached hydrogen (secondary N) is 2. The molecule has 0 aliphatic heterocycles. The van der Waals surface area contributed by atoms with Crippen molar-refractivity contribution in [3.05, 3.63) is 42.4 Å². The van der Waals surface area contributed by atoms with Gasteiger partial charge < -0.3 is 10.3 Å². The van der Waals surface area contributed by atoms with E-state index >= 15 is 0 Å². The van der Waals surface area contributed by atoms with Crippen LogP contribution < -0.4 is 5.32 Å². The van der Waals surface area contributed by atoms with Crippen LogP contribution in [0.15, 0.2) is 36.8 Å². The number of aromatic amines is 1. The quantitative estimate of drug-likeness (QED) is 0.688. The van der Waals surface area contributed by atoms with Gasteiger partial charge in [-0.1, -0.05) is 18.2 Å². The van der Waals surface area contributed by atoms with Gasteiger partial charge in [0.1, 0.15) is 6.33 Å². The topological polar surface area (TPSA) is 88.5 Å². The fraction of sp³-hybridized carbons (Fsp3) is 0.333. The van der Waals surface area contributed by atoms with Gasteiger partial charge in [0.05, 0.1) is 0 Å². The maximum absolute atomic E-state index is 11.8. The van der Waals surface area contributed by atoms with Crippen LogP contribution in [0, 0.1) is 0 Å². The molecule has 0 atom stereocenters. The summed E-state index contributed by atoms with van der Waals surface area (Å²) in [5.41, 5.74) is 2.36. The third-order valence-electron chi connectivity index (χ3n) is 3.57. The monoisotopic (exact) mass is 298 g/mol. The van der Waals surface area contributed by atoms with Crippen LogP contribution in [0.4, 0.5) is 0 Å². The highest BCUT2D eigenvalue weighted by Crippen LogP contribution is 2.17. The number of carbonyl (C=O) groups is 1. The van der Waals surface area contributed by atoms with E-state index in [1.54, 1.807) is 11.0 Å². The Kier molecular flexibility index (Phi) is 4.43. The number of nitrogens with zero attached hydrogens (tertiary/aromatic N) is 4. The Morgan fingerprint density at radius 2 is 2.23 bits per heavy atom. The van der Waals surface area contributed by atoms with Gasteiger partial charge >= 0.3 is 0 Å². The van der Waals surface area contributed by atoms with Gasteiger partial charge in [-0.15, -0.1) is 5.10 Å². The van der Waals surface area contributed by atoms with Crippen LogP contribution in [0.2, 0.25) is 0 Å². The zero-order chi connectivity index (χ0) is 15.2. The van der Waals surface area contributed by atoms with Crippen molar-refractivity contribution in [3.8, 4) is 0 Å². The van der Waals surface area contributed by atoms with Crippen molar-refractivity contribution in [1.82, 2.24) is 30.5 Å². The molecule has 0 aliphatic carbocycles. The normalized spacial score (nSPS) is 10.9. The van der Waals surface area contributed by atoms with Crippen molar-refractivity contribution in [3.63, 3.8) is 0 Å². The van der Waals surface area contributed by atoms with Crippen LogP contribution in [0.1, 0.15) is 18.4 Å². The van der Waals surface area contributed by atoms with E-state index in [0.717, 1.165) is 18.4 Å². The standard InChI is InChI=1S/C15H18N6O/c22-15(6-3-9-21-11-18-19-20-21)16-8-7-12-10-17-14-5-2-1-4-13(12)14/h1-2,4-5,10-11,17H,3,6-9H2,(H,16,22). The molecule has 0 spiro atoms. The van der Waals surface area contributed by atoms with Gasteiger partial charge in [-0.05, 0) is 34.9 Å². The molecule has 2 heterocycles. The van der Waals surface area contributed by atoms with E-state index in [2.05, 4.69) is 38.0 Å². The predicted molar refractivity (Wildman–Crippen MR) is 82.1 cm³/mol. The second-order valence-corrected chi connectivity index (χ2v) is 5.14. The number of benzene rings is 1. The summed E-state index contributed by atoms with van der Waals surface area (Å²) >= 11 is 0. The van der Waals surface area contributed by atoms with E-state index in [-0.39, 0.29) is 5.91 Å². The van der Waals surface area contributed by atoms with E-state index in [1.807, 2.05) is 18.3 Å². The fourth-order valence-corrected chi connectivity index (χ4v) is 2.45. The van der Waals surface area contributed by atoms with Crippen molar-refractivity contribution in [2.45, 2.75) is 25.8 Å². The zero-order valence-corrected chi connectivity index (χ0v) is 12.2. The number of rotatable bonds is 7. The number of aryl methyl sites for hydroxylation is 1. The molecule has 0 unspecified atom stereocenters. The highest BCUT2D eigenvalue weighted by molar-refractivity contribution is 5.83. The average Bonchev–Trinajstić information content (AvgIpc) is 3.17. The Hall–Kier alpha value is -2.70. The number of fused-ring (bicyclic) bond motifs is 1. The van der Waals surface area contributed by atoms with Crippen molar-refractivity contribution in [2.75, 3.05) is 6.54 Å². The lowest BCUT2D eigenvalue weighted by molar-refractivity contribution is -0.121. The molecule has 0 saturated heterocycles. The Bertz CT molecular complexity index is 733. The molecular weight excluding hydrogens is 280 g/mol. The van der Waals surface area contributed by atoms with E-state index in [1.165, 1.54) is 10.9 Å². The molecule has 114 valence electrons. The molecular formula is C15H18N6O. The number of para-hydroxylation sites is 1. The van der Waals surface area contributed by atoms with Crippen LogP contribution in [0.3, 0.4) is 0 Å². The maximum atomic E-state index is 11.8. The van der Waals surface area contributed by atoms with Crippen molar-refractivity contribution >= 4 is 16.8 Å². The number of hydrogen-bond acceptors (Lipinski definition) is 4. The summed E-state index contributed by atoms with van der Waals surface area (Å²) in [7, 11) is 0. The highest BCUT2D eigenvalue weighted by atomic mass is 16.1. The van der Waals surface area contributed by atoms with Crippen LogP contribution in [-0.4, -0.2) is 37.6 Å². The first-order chi connectivity index (χ1) is 10.8. The molecule has 0 fully saturated rings. The first-order valence-corrected chi connectivity index (χ1v) is 7.35. The molecule has 22 heavy (non-hydrogen) atoms. The van der Waals surface area contributed by atoms with Gasteiger partial charge in [0.15, 0.2) is 0 Å². The van der Waals surface area contributed by atoms with Gasteiger partial charge in [-0.2, -0.15) is 0 Å². The maximum Gasteiger partial charge on any atom is 0.220 e. The predicted octanol–water partition coefficient (Wildman–Crippen LogP) is 1.29. The number of H-pyrrole nitrogens is 1. The Morgan fingerprint density at radius 3 is 3.09 bits per heavy atom. The molecule has 0 saturated carbocycles. The third kappa shape index (κ3) is 3.49. The number of hydrogen-bond donors (Lipinski definition) is 2. The van der Waals surface area contributed by atoms with Gasteiger partial charge in [0.25, 0.3) is 0 Å². The molecule has 1 amide bonds. The summed E-state index contributed by atoms with van der Waals surface area (Å²) in [5.74, 6) is 0.0629. The van der Waals surface area contributed by atoms with Crippen molar-refractivity contribution < 1.29 is 4.79 Å². The van der Waals surface area contributed by atoms with Gasteiger partial charge in [0.2, 0.25) is 5.91 Å². The van der Waals surface area contributed by atoms with Crippen LogP contribution in [0.5, 0.6) is 0 Å². The largest absolute Gasteiger partial charge is 0.361 e. The minimum atomic E-state index is 0.0629. The van der Waals surface area contributed by atoms with E-state index < -0.39 is 0 Å². The average molecular weight is 298 g/mol. The molecule has 2 aromatic heterocycles. The molecule has 0 radical (unpaired) electrons. The van der Waals surface area contributed by atoms with Gasteiger partial charge in [-0.25, -0.2) is 4.68 Å². The number of amides is 1. The summed E-state index contributed by atoms with van der Waals surface area (Å²) in [6.07, 6.45) is 5.59. The smallest absolute Gasteiger partial charge is 0.220 e. The minimum absolute atomic E-state index is 0.0629. The number of carbonyl (C=O) groups excluding carboxylic acids is 1. The number of aromatic nitrogens is 5.